The fourth-order valence-corrected chi connectivity index (χ4v) is 5.29. The summed E-state index contributed by atoms with van der Waals surface area (Å²) in [5, 5.41) is 1.17. The van der Waals surface area contributed by atoms with Crippen molar-refractivity contribution >= 4 is 11.0 Å². The van der Waals surface area contributed by atoms with E-state index in [0.29, 0.717) is 5.92 Å². The predicted octanol–water partition coefficient (Wildman–Crippen LogP) is 6.88. The predicted molar refractivity (Wildman–Crippen MR) is 114 cm³/mol. The Hall–Kier alpha value is -3.32. The average molecular weight is 360 g/mol. The summed E-state index contributed by atoms with van der Waals surface area (Å²) >= 11 is 0. The topological polar surface area (TPSA) is 13.1 Å². The van der Waals surface area contributed by atoms with Crippen molar-refractivity contribution in [3.05, 3.63) is 120 Å². The average Bonchev–Trinajstić information content (AvgIpc) is 3.34. The molecule has 4 aromatic rings. The van der Waals surface area contributed by atoms with Gasteiger partial charge in [-0.15, -0.1) is 0 Å². The van der Waals surface area contributed by atoms with Crippen LogP contribution < -0.4 is 0 Å². The van der Waals surface area contributed by atoms with Crippen LogP contribution in [0.15, 0.2) is 108 Å². The molecule has 28 heavy (non-hydrogen) atoms. The molecule has 3 aromatic carbocycles. The molecule has 2 atom stereocenters. The highest BCUT2D eigenvalue weighted by Crippen LogP contribution is 2.58. The highest BCUT2D eigenvalue weighted by molar-refractivity contribution is 5.92. The van der Waals surface area contributed by atoms with Crippen LogP contribution in [0.25, 0.3) is 22.1 Å². The molecule has 2 aliphatic rings. The molecule has 0 bridgehead atoms. The molecule has 0 saturated heterocycles. The van der Waals surface area contributed by atoms with Crippen LogP contribution in [-0.4, -0.2) is 0 Å². The van der Waals surface area contributed by atoms with Crippen LogP contribution >= 0.6 is 0 Å². The zero-order valence-electron chi connectivity index (χ0n) is 15.5. The Morgan fingerprint density at radius 3 is 2.50 bits per heavy atom. The van der Waals surface area contributed by atoms with Crippen molar-refractivity contribution in [2.45, 2.75) is 11.8 Å². The Balaban J connectivity index is 1.78. The molecular formula is C27H20O. The Bertz CT molecular complexity index is 1240. The molecule has 0 radical (unpaired) electrons. The van der Waals surface area contributed by atoms with Gasteiger partial charge in [-0.3, -0.25) is 0 Å². The number of furan rings is 1. The molecule has 0 amide bonds. The lowest BCUT2D eigenvalue weighted by Gasteiger charge is -2.39. The molecule has 0 spiro atoms. The van der Waals surface area contributed by atoms with E-state index >= 15 is 0 Å². The standard InChI is InChI=1S/C27H20O/c1-3-9-20(10-4-1)27(21-11-5-2-6-12-21)24-14-8-7-13-22(24)23-18-26-19(15-16-28-26)17-25(23)27/h1-11,13-18,21H,12H2. The third kappa shape index (κ3) is 1.96. The van der Waals surface area contributed by atoms with E-state index in [1.165, 1.54) is 33.2 Å². The molecule has 0 N–H and O–H groups in total. The molecule has 0 fully saturated rings. The minimum Gasteiger partial charge on any atom is -0.464 e. The van der Waals surface area contributed by atoms with Gasteiger partial charge in [0.1, 0.15) is 5.58 Å². The van der Waals surface area contributed by atoms with E-state index in [0.717, 1.165) is 12.0 Å². The summed E-state index contributed by atoms with van der Waals surface area (Å²) in [6.07, 6.45) is 11.9. The largest absolute Gasteiger partial charge is 0.464 e. The van der Waals surface area contributed by atoms with Gasteiger partial charge in [0.25, 0.3) is 0 Å². The first-order valence-electron chi connectivity index (χ1n) is 9.89. The second-order valence-corrected chi connectivity index (χ2v) is 7.73. The van der Waals surface area contributed by atoms with Crippen molar-refractivity contribution in [1.82, 2.24) is 0 Å². The van der Waals surface area contributed by atoms with Crippen molar-refractivity contribution in [2.75, 3.05) is 0 Å². The van der Waals surface area contributed by atoms with Gasteiger partial charge in [-0.1, -0.05) is 78.9 Å². The highest BCUT2D eigenvalue weighted by atomic mass is 16.3. The molecule has 134 valence electrons. The Kier molecular flexibility index (Phi) is 3.28. The number of allylic oxidation sites excluding steroid dienone is 4. The van der Waals surface area contributed by atoms with E-state index in [4.69, 9.17) is 4.42 Å². The molecule has 1 nitrogen and oxygen atoms in total. The molecule has 2 unspecified atom stereocenters. The highest BCUT2D eigenvalue weighted by Gasteiger charge is 2.49. The SMILES string of the molecule is C1=CCC(C2(c3ccccc3)c3ccccc3-c3cc4occc4cc32)C=C1. The summed E-state index contributed by atoms with van der Waals surface area (Å²) in [5.74, 6) is 0.367. The summed E-state index contributed by atoms with van der Waals surface area (Å²) in [7, 11) is 0. The Morgan fingerprint density at radius 1 is 0.786 bits per heavy atom. The maximum atomic E-state index is 5.75. The van der Waals surface area contributed by atoms with E-state index in [9.17, 15) is 0 Å². The van der Waals surface area contributed by atoms with Crippen molar-refractivity contribution in [3.8, 4) is 11.1 Å². The molecule has 1 aromatic heterocycles. The van der Waals surface area contributed by atoms with Gasteiger partial charge < -0.3 is 4.42 Å². The van der Waals surface area contributed by atoms with Crippen LogP contribution in [0.3, 0.4) is 0 Å². The van der Waals surface area contributed by atoms with Crippen LogP contribution in [0, 0.1) is 5.92 Å². The molecule has 0 saturated carbocycles. The monoisotopic (exact) mass is 360 g/mol. The second kappa shape index (κ2) is 5.84. The van der Waals surface area contributed by atoms with E-state index in [2.05, 4.69) is 97.1 Å². The summed E-state index contributed by atoms with van der Waals surface area (Å²) in [6, 6.07) is 26.6. The van der Waals surface area contributed by atoms with E-state index in [-0.39, 0.29) is 5.41 Å². The number of rotatable bonds is 2. The summed E-state index contributed by atoms with van der Waals surface area (Å²) < 4.78 is 5.75. The molecule has 1 heteroatoms. The first-order chi connectivity index (χ1) is 13.9. The van der Waals surface area contributed by atoms with Crippen LogP contribution in [0.4, 0.5) is 0 Å². The molecule has 0 aliphatic heterocycles. The minimum atomic E-state index is -0.195. The maximum absolute atomic E-state index is 5.75. The summed E-state index contributed by atoms with van der Waals surface area (Å²) in [5.41, 5.74) is 7.52. The maximum Gasteiger partial charge on any atom is 0.134 e. The van der Waals surface area contributed by atoms with E-state index in [1.54, 1.807) is 6.26 Å². The van der Waals surface area contributed by atoms with Gasteiger partial charge in [0, 0.05) is 5.39 Å². The van der Waals surface area contributed by atoms with Crippen molar-refractivity contribution in [2.24, 2.45) is 5.92 Å². The number of fused-ring (bicyclic) bond motifs is 4. The van der Waals surface area contributed by atoms with Gasteiger partial charge >= 0.3 is 0 Å². The molecule has 1 heterocycles. The fraction of sp³-hybridized carbons (Fsp3) is 0.111. The van der Waals surface area contributed by atoms with Crippen LogP contribution in [0.5, 0.6) is 0 Å². The van der Waals surface area contributed by atoms with Gasteiger partial charge in [-0.25, -0.2) is 0 Å². The van der Waals surface area contributed by atoms with Crippen LogP contribution in [-0.2, 0) is 5.41 Å². The number of hydrogen-bond donors (Lipinski definition) is 0. The van der Waals surface area contributed by atoms with Gasteiger partial charge in [-0.05, 0) is 58.4 Å². The second-order valence-electron chi connectivity index (χ2n) is 7.73. The van der Waals surface area contributed by atoms with Crippen LogP contribution in [0.1, 0.15) is 23.1 Å². The van der Waals surface area contributed by atoms with Crippen molar-refractivity contribution < 1.29 is 4.42 Å². The fourth-order valence-electron chi connectivity index (χ4n) is 5.29. The lowest BCUT2D eigenvalue weighted by Crippen LogP contribution is -2.35. The van der Waals surface area contributed by atoms with E-state index in [1.807, 2.05) is 0 Å². The van der Waals surface area contributed by atoms with Crippen molar-refractivity contribution in [1.29, 1.82) is 0 Å². The summed E-state index contributed by atoms with van der Waals surface area (Å²) in [6.45, 7) is 0. The first-order valence-corrected chi connectivity index (χ1v) is 9.89. The van der Waals surface area contributed by atoms with Gasteiger partial charge in [0.05, 0.1) is 11.7 Å². The van der Waals surface area contributed by atoms with Gasteiger partial charge in [-0.2, -0.15) is 0 Å². The lowest BCUT2D eigenvalue weighted by atomic mass is 9.62. The Labute approximate surface area is 164 Å². The zero-order valence-corrected chi connectivity index (χ0v) is 15.5. The third-order valence-corrected chi connectivity index (χ3v) is 6.43. The van der Waals surface area contributed by atoms with Gasteiger partial charge in [0.15, 0.2) is 0 Å². The molecule has 2 aliphatic carbocycles. The molecular weight excluding hydrogens is 340 g/mol. The van der Waals surface area contributed by atoms with Crippen molar-refractivity contribution in [3.63, 3.8) is 0 Å². The normalized spacial score (nSPS) is 22.4. The number of benzene rings is 3. The Morgan fingerprint density at radius 2 is 1.64 bits per heavy atom. The van der Waals surface area contributed by atoms with Gasteiger partial charge in [0.2, 0.25) is 0 Å². The first kappa shape index (κ1) is 15.7. The van der Waals surface area contributed by atoms with E-state index < -0.39 is 0 Å². The summed E-state index contributed by atoms with van der Waals surface area (Å²) in [4.78, 5) is 0. The lowest BCUT2D eigenvalue weighted by molar-refractivity contribution is 0.458. The quantitative estimate of drug-likeness (QED) is 0.380. The minimum absolute atomic E-state index is 0.195. The smallest absolute Gasteiger partial charge is 0.134 e. The van der Waals surface area contributed by atoms with Crippen LogP contribution in [0.2, 0.25) is 0 Å². The zero-order chi connectivity index (χ0) is 18.6. The third-order valence-electron chi connectivity index (χ3n) is 6.43. The molecule has 6 rings (SSSR count). The number of hydrogen-bond acceptors (Lipinski definition) is 1.